The number of nitrogens with zero attached hydrogens (tertiary/aromatic N) is 12. The number of hydrogen-bond donors (Lipinski definition) is 8. The lowest BCUT2D eigenvalue weighted by Crippen LogP contribution is -2.51. The van der Waals surface area contributed by atoms with Crippen LogP contribution in [0.15, 0.2) is 173 Å². The summed E-state index contributed by atoms with van der Waals surface area (Å²) in [6.07, 6.45) is 11.1. The zero-order valence-corrected chi connectivity index (χ0v) is 93.6. The monoisotopic (exact) mass is 2150 g/mol. The van der Waals surface area contributed by atoms with Crippen LogP contribution in [0.5, 0.6) is 5.75 Å². The molecule has 9 heterocycles. The second kappa shape index (κ2) is 58.7. The van der Waals surface area contributed by atoms with Crippen LogP contribution in [0.2, 0.25) is 15.5 Å². The van der Waals surface area contributed by atoms with Crippen molar-refractivity contribution in [3.8, 4) is 11.8 Å². The highest BCUT2D eigenvalue weighted by Gasteiger charge is 2.36. The third-order valence-electron chi connectivity index (χ3n) is 28.5. The Kier molecular flexibility index (Phi) is 46.4. The molecule has 0 saturated carbocycles. The minimum Gasteiger partial charge on any atom is -0.495 e. The van der Waals surface area contributed by atoms with E-state index >= 15 is 0 Å². The third kappa shape index (κ3) is 34.4. The minimum absolute atomic E-state index is 0.0264. The van der Waals surface area contributed by atoms with E-state index in [0.717, 1.165) is 192 Å². The van der Waals surface area contributed by atoms with Crippen molar-refractivity contribution in [3.05, 3.63) is 289 Å². The standard InChI is InChI=1S/C32H40ClN5O3.C31H37ClFN5O2.C26H35N5OS2.C24H34ClN5OS2/c1-22-20-29(33)35-24(3)30(22)31(39)34-17-14-23(2)37-18-15-26(16-19-37)38(21-25-10-6-5-7-11-25)32(40)36-27-12-8-9-13-28(27)41-4;1-21-19-28(32)35-23(3)29(21)30(39)34-16-13-22(2)37-17-14-25(15-18-37)38(20-24-9-5-4-6-10-24)31(40)36-27-12-8-7-11-26(27)33;1-18-13-22(15-27)14-19(2)24(18)25(32)29-9-5-20(3)30-10-6-23(7-11-30)31(26(33)28-4)16-21-8-12-34-17-21;1-16-13-21(25)28-18(3)22(16)23(31)27-9-5-17(2)29-10-6-20(7-11-29)30(24(32)26-4)14-19-8-12-33-15-19/h5-13,20,23,26H,14-19,21H2,1-4H3,(H,34,39)(H,36,40);4-12,19,22,25H,13-18,20H2,1-3H3,(H,34,39)(H,36,40);8,12-14,17,20,23H,5-7,9-11,16H2,1-4H3,(H,28,33)(H,29,32);8,12-13,15,17,20H,5-7,9-11,14H2,1-4H3,(H,26,32)(H,27,31)/t;;20-;17-/m..11/s1. The zero-order chi connectivity index (χ0) is 107. The van der Waals surface area contributed by atoms with E-state index in [2.05, 4.69) is 166 Å². The highest BCUT2D eigenvalue weighted by molar-refractivity contribution is 7.80. The molecule has 0 bridgehead atoms. The van der Waals surface area contributed by atoms with E-state index < -0.39 is 5.82 Å². The Hall–Kier alpha value is -11.3. The maximum absolute atomic E-state index is 14.3. The highest BCUT2D eigenvalue weighted by Crippen LogP contribution is 2.33. The predicted octanol–water partition coefficient (Wildman–Crippen LogP) is 20.9. The lowest BCUT2D eigenvalue weighted by molar-refractivity contribution is 0.0908. The molecule has 4 saturated heterocycles. The second-order valence-corrected chi connectivity index (χ2v) is 42.3. The van der Waals surface area contributed by atoms with Crippen LogP contribution in [0.25, 0.3) is 0 Å². The number of ether oxygens (including phenoxy) is 1. The normalized spacial score (nSPS) is 15.2. The number of methoxy groups -OCH3 is 1. The molecular weight excluding hydrogens is 2000 g/mol. The second-order valence-electron chi connectivity index (χ2n) is 38.8. The largest absolute Gasteiger partial charge is 0.495 e. The van der Waals surface area contributed by atoms with Crippen LogP contribution in [0.1, 0.15) is 219 Å². The van der Waals surface area contributed by atoms with Gasteiger partial charge in [-0.05, 0) is 323 Å². The molecule has 35 heteroatoms. The van der Waals surface area contributed by atoms with Crippen molar-refractivity contribution in [2.75, 3.05) is 110 Å². The number of benzene rings is 5. The molecule has 27 nitrogen and oxygen atoms in total. The van der Waals surface area contributed by atoms with Gasteiger partial charge in [-0.1, -0.05) is 120 Å². The third-order valence-corrected chi connectivity index (χ3v) is 31.4. The van der Waals surface area contributed by atoms with Gasteiger partial charge in [-0.25, -0.2) is 28.9 Å². The molecule has 4 aliphatic heterocycles. The lowest BCUT2D eigenvalue weighted by atomic mass is 9.99. The maximum atomic E-state index is 14.3. The summed E-state index contributed by atoms with van der Waals surface area (Å²) in [6, 6.07) is 50.8. The summed E-state index contributed by atoms with van der Waals surface area (Å²) in [5.41, 5.74) is 14.7. The lowest BCUT2D eigenvalue weighted by Gasteiger charge is -2.41. The number of nitrogens with one attached hydrogen (secondary N) is 8. The Morgan fingerprint density at radius 1 is 0.419 bits per heavy atom. The number of aromatic nitrogens is 3. The number of hydrogen-bond acceptors (Lipinski definition) is 19. The van der Waals surface area contributed by atoms with Crippen LogP contribution < -0.4 is 47.3 Å². The summed E-state index contributed by atoms with van der Waals surface area (Å²) in [4.78, 5) is 109. The predicted molar refractivity (Wildman–Crippen MR) is 605 cm³/mol. The van der Waals surface area contributed by atoms with Crippen LogP contribution >= 0.6 is 81.9 Å². The number of urea groups is 2. The van der Waals surface area contributed by atoms with Crippen LogP contribution in [0, 0.1) is 72.5 Å². The number of likely N-dealkylation sites (tertiary alicyclic amines) is 4. The molecule has 8 N–H and O–H groups in total. The van der Waals surface area contributed by atoms with Gasteiger partial charge in [0.05, 0.1) is 63.9 Å². The average molecular weight is 2150 g/mol. The quantitative estimate of drug-likeness (QED) is 0.0135. The SMILES string of the molecule is CNC(=S)N(Cc1ccsc1)C1CCN([C@H](C)CCNC(=O)c2c(C)cc(C#N)cc2C)CC1.CNC(=S)N(Cc1ccsc1)C1CCN([C@H](C)CCNC(=O)c2c(C)cc(Cl)nc2C)CC1.COc1ccccc1NC(=O)N(Cc1ccccc1)C1CCN(C(C)CCNC(=O)c2c(C)cc(Cl)nc2C)CC1.Cc1cc(Cl)nc(C)c1C(=O)NCCC(C)N1CCC(N(Cc2ccccc2)C(=O)Nc2ccccc2F)CC1. The van der Waals surface area contributed by atoms with Crippen molar-refractivity contribution in [2.24, 2.45) is 0 Å². The van der Waals surface area contributed by atoms with Gasteiger partial charge < -0.3 is 86.5 Å². The Balaban J connectivity index is 0.000000188. The Morgan fingerprint density at radius 2 is 0.709 bits per heavy atom. The fraction of sp³-hybridized carbons (Fsp3) is 0.451. The summed E-state index contributed by atoms with van der Waals surface area (Å²) in [5, 5.41) is 45.0. The van der Waals surface area contributed by atoms with Crippen LogP contribution in [0.3, 0.4) is 0 Å². The topological polar surface area (TPSA) is 296 Å². The number of amides is 8. The molecule has 2 unspecified atom stereocenters. The van der Waals surface area contributed by atoms with Gasteiger partial charge in [-0.15, -0.1) is 0 Å². The van der Waals surface area contributed by atoms with Crippen LogP contribution in [0.4, 0.5) is 25.4 Å². The molecule has 8 amide bonds. The van der Waals surface area contributed by atoms with Crippen molar-refractivity contribution in [3.63, 3.8) is 0 Å². The number of pyridine rings is 3. The van der Waals surface area contributed by atoms with Gasteiger partial charge in [-0.2, -0.15) is 27.9 Å². The van der Waals surface area contributed by atoms with E-state index in [1.165, 1.54) is 17.2 Å². The summed E-state index contributed by atoms with van der Waals surface area (Å²) < 4.78 is 19.7. The maximum Gasteiger partial charge on any atom is 0.322 e. The Bertz CT molecular complexity index is 5970. The van der Waals surface area contributed by atoms with Gasteiger partial charge in [0.25, 0.3) is 23.6 Å². The van der Waals surface area contributed by atoms with Crippen molar-refractivity contribution in [1.82, 2.24) is 86.1 Å². The molecule has 4 atom stereocenters. The number of thiophene rings is 2. The zero-order valence-electron chi connectivity index (χ0n) is 88.0. The fourth-order valence-electron chi connectivity index (χ4n) is 20.1. The molecule has 148 heavy (non-hydrogen) atoms. The van der Waals surface area contributed by atoms with E-state index in [-0.39, 0.29) is 59.5 Å². The summed E-state index contributed by atoms with van der Waals surface area (Å²) in [6.45, 7) is 36.3. The molecule has 4 fully saturated rings. The number of aryl methyl sites for hydroxylation is 8. The van der Waals surface area contributed by atoms with Crippen molar-refractivity contribution in [1.29, 1.82) is 5.26 Å². The molecule has 0 spiro atoms. The molecule has 792 valence electrons. The molecule has 4 aliphatic rings. The summed E-state index contributed by atoms with van der Waals surface area (Å²) in [5.74, 6) is -0.215. The summed E-state index contributed by atoms with van der Waals surface area (Å²) in [7, 11) is 5.40. The average Bonchev–Trinajstić information content (AvgIpc) is 1.02. The van der Waals surface area contributed by atoms with Gasteiger partial charge >= 0.3 is 12.1 Å². The van der Waals surface area contributed by atoms with Gasteiger partial charge in [0.15, 0.2) is 10.2 Å². The molecule has 5 aromatic heterocycles. The number of halogens is 4. The Morgan fingerprint density at radius 3 is 1.01 bits per heavy atom. The van der Waals surface area contributed by atoms with Gasteiger partial charge in [0.2, 0.25) is 0 Å². The summed E-state index contributed by atoms with van der Waals surface area (Å²) >= 11 is 32.7. The number of carbonyl (C=O) groups excluding carboxylic acids is 6. The number of nitriles is 1. The minimum atomic E-state index is -0.455. The first-order chi connectivity index (χ1) is 71.1. The number of para-hydroxylation sites is 3. The van der Waals surface area contributed by atoms with Crippen molar-refractivity contribution in [2.45, 2.75) is 235 Å². The number of rotatable bonds is 35. The van der Waals surface area contributed by atoms with Gasteiger partial charge in [0, 0.05) is 173 Å². The van der Waals surface area contributed by atoms with Crippen molar-refractivity contribution >= 4 is 139 Å². The molecule has 10 aromatic rings. The van der Waals surface area contributed by atoms with E-state index in [1.54, 1.807) is 92.2 Å². The number of thiocarbonyl (C=S) groups is 2. The van der Waals surface area contributed by atoms with Crippen molar-refractivity contribution < 1.29 is 37.9 Å². The van der Waals surface area contributed by atoms with E-state index in [9.17, 15) is 33.2 Å². The number of anilines is 2. The molecular formula is C113H146Cl3FN20O7S4. The first-order valence-corrected chi connectivity index (χ1v) is 55.1. The highest BCUT2D eigenvalue weighted by atomic mass is 35.5. The van der Waals surface area contributed by atoms with Crippen LogP contribution in [-0.4, -0.2) is 248 Å². The van der Waals surface area contributed by atoms with Gasteiger partial charge in [-0.3, -0.25) is 19.2 Å². The molecule has 5 aromatic carbocycles. The smallest absolute Gasteiger partial charge is 0.322 e. The Labute approximate surface area is 908 Å². The number of carbonyl (C=O) groups is 6. The van der Waals surface area contributed by atoms with E-state index in [1.807, 2.05) is 138 Å². The van der Waals surface area contributed by atoms with E-state index in [4.69, 9.17) is 69.2 Å². The number of piperidine rings is 4. The molecule has 0 radical (unpaired) electrons. The first-order valence-electron chi connectivity index (χ1n) is 51.2. The van der Waals surface area contributed by atoms with Gasteiger partial charge in [0.1, 0.15) is 27.0 Å². The first kappa shape index (κ1) is 117. The van der Waals surface area contributed by atoms with E-state index in [0.29, 0.717) is 141 Å². The molecule has 14 rings (SSSR count). The fourth-order valence-corrected chi connectivity index (χ4v) is 22.8. The van der Waals surface area contributed by atoms with Crippen LogP contribution in [-0.2, 0) is 26.2 Å². The molecule has 0 aliphatic carbocycles.